The molecule has 106 valence electrons. The van der Waals surface area contributed by atoms with E-state index in [9.17, 15) is 4.79 Å². The van der Waals surface area contributed by atoms with Gasteiger partial charge in [-0.15, -0.1) is 0 Å². The van der Waals surface area contributed by atoms with E-state index in [1.807, 2.05) is 18.2 Å². The second-order valence-corrected chi connectivity index (χ2v) is 6.15. The van der Waals surface area contributed by atoms with Crippen molar-refractivity contribution in [3.63, 3.8) is 0 Å². The second kappa shape index (κ2) is 5.27. The molecule has 1 aromatic heterocycles. The Hall–Kier alpha value is -1.84. The first-order valence-electron chi connectivity index (χ1n) is 7.37. The minimum Gasteiger partial charge on any atom is -0.349 e. The highest BCUT2D eigenvalue weighted by molar-refractivity contribution is 5.97. The van der Waals surface area contributed by atoms with Crippen LogP contribution < -0.4 is 5.32 Å². The SMILES string of the molecule is CC1CCC(NC(=O)c2ccc3cn[nH]c3c2)C(C)C1. The Bertz CT molecular complexity index is 619. The summed E-state index contributed by atoms with van der Waals surface area (Å²) in [6.45, 7) is 4.53. The number of nitrogens with one attached hydrogen (secondary N) is 2. The molecule has 1 heterocycles. The lowest BCUT2D eigenvalue weighted by molar-refractivity contribution is 0.0899. The molecule has 3 atom stereocenters. The van der Waals surface area contributed by atoms with Crippen molar-refractivity contribution in [3.05, 3.63) is 30.0 Å². The van der Waals surface area contributed by atoms with Crippen molar-refractivity contribution in [3.8, 4) is 0 Å². The van der Waals surface area contributed by atoms with Crippen LogP contribution in [0.4, 0.5) is 0 Å². The number of H-pyrrole nitrogens is 1. The predicted octanol–water partition coefficient (Wildman–Crippen LogP) is 3.12. The van der Waals surface area contributed by atoms with E-state index in [1.165, 1.54) is 12.8 Å². The fraction of sp³-hybridized carbons (Fsp3) is 0.500. The predicted molar refractivity (Wildman–Crippen MR) is 79.5 cm³/mol. The van der Waals surface area contributed by atoms with Crippen molar-refractivity contribution >= 4 is 16.8 Å². The highest BCUT2D eigenvalue weighted by Gasteiger charge is 2.26. The number of carbonyl (C=O) groups is 1. The van der Waals surface area contributed by atoms with Crippen molar-refractivity contribution in [2.24, 2.45) is 11.8 Å². The lowest BCUT2D eigenvalue weighted by atomic mass is 9.80. The fourth-order valence-electron chi connectivity index (χ4n) is 3.21. The van der Waals surface area contributed by atoms with Crippen LogP contribution in [0.2, 0.25) is 0 Å². The van der Waals surface area contributed by atoms with Gasteiger partial charge in [0.2, 0.25) is 0 Å². The molecular formula is C16H21N3O. The van der Waals surface area contributed by atoms with E-state index in [0.717, 1.165) is 23.2 Å². The first-order valence-corrected chi connectivity index (χ1v) is 7.37. The summed E-state index contributed by atoms with van der Waals surface area (Å²) < 4.78 is 0. The molecule has 1 fully saturated rings. The van der Waals surface area contributed by atoms with Crippen LogP contribution in [0.3, 0.4) is 0 Å². The monoisotopic (exact) mass is 271 g/mol. The minimum absolute atomic E-state index is 0.0212. The first kappa shape index (κ1) is 13.2. The molecule has 2 N–H and O–H groups in total. The number of hydrogen-bond acceptors (Lipinski definition) is 2. The van der Waals surface area contributed by atoms with Crippen LogP contribution >= 0.6 is 0 Å². The smallest absolute Gasteiger partial charge is 0.251 e. The molecular weight excluding hydrogens is 250 g/mol. The summed E-state index contributed by atoms with van der Waals surface area (Å²) in [4.78, 5) is 12.4. The molecule has 3 unspecified atom stereocenters. The lowest BCUT2D eigenvalue weighted by Gasteiger charge is -2.33. The van der Waals surface area contributed by atoms with Gasteiger partial charge in [0.25, 0.3) is 5.91 Å². The molecule has 0 spiro atoms. The first-order chi connectivity index (χ1) is 9.63. The molecule has 2 aromatic rings. The number of carbonyl (C=O) groups excluding carboxylic acids is 1. The molecule has 1 aromatic carbocycles. The second-order valence-electron chi connectivity index (χ2n) is 6.15. The number of amides is 1. The maximum Gasteiger partial charge on any atom is 0.251 e. The van der Waals surface area contributed by atoms with Crippen LogP contribution in [0.15, 0.2) is 24.4 Å². The Kier molecular flexibility index (Phi) is 3.47. The van der Waals surface area contributed by atoms with Crippen LogP contribution in [0.25, 0.3) is 10.9 Å². The molecule has 20 heavy (non-hydrogen) atoms. The Balaban J connectivity index is 1.72. The van der Waals surface area contributed by atoms with Crippen molar-refractivity contribution in [1.29, 1.82) is 0 Å². The summed E-state index contributed by atoms with van der Waals surface area (Å²) >= 11 is 0. The minimum atomic E-state index is 0.0212. The van der Waals surface area contributed by atoms with Gasteiger partial charge in [-0.2, -0.15) is 5.10 Å². The third-order valence-electron chi connectivity index (χ3n) is 4.45. The number of aromatic nitrogens is 2. The molecule has 3 rings (SSSR count). The Morgan fingerprint density at radius 3 is 3.00 bits per heavy atom. The molecule has 1 aliphatic rings. The molecule has 1 saturated carbocycles. The van der Waals surface area contributed by atoms with E-state index >= 15 is 0 Å². The van der Waals surface area contributed by atoms with Gasteiger partial charge in [0.1, 0.15) is 0 Å². The zero-order chi connectivity index (χ0) is 14.1. The quantitative estimate of drug-likeness (QED) is 0.881. The number of benzene rings is 1. The zero-order valence-corrected chi connectivity index (χ0v) is 12.0. The topological polar surface area (TPSA) is 57.8 Å². The van der Waals surface area contributed by atoms with Crippen LogP contribution in [0.1, 0.15) is 43.5 Å². The molecule has 0 saturated heterocycles. The van der Waals surface area contributed by atoms with Gasteiger partial charge >= 0.3 is 0 Å². The van der Waals surface area contributed by atoms with Crippen LogP contribution in [0.5, 0.6) is 0 Å². The fourth-order valence-corrected chi connectivity index (χ4v) is 3.21. The van der Waals surface area contributed by atoms with E-state index < -0.39 is 0 Å². The largest absolute Gasteiger partial charge is 0.349 e. The number of nitrogens with zero attached hydrogens (tertiary/aromatic N) is 1. The van der Waals surface area contributed by atoms with Gasteiger partial charge in [-0.3, -0.25) is 9.89 Å². The summed E-state index contributed by atoms with van der Waals surface area (Å²) in [5, 5.41) is 11.1. The van der Waals surface area contributed by atoms with Gasteiger partial charge in [0, 0.05) is 17.0 Å². The highest BCUT2D eigenvalue weighted by atomic mass is 16.1. The van der Waals surface area contributed by atoms with Gasteiger partial charge in [-0.05, 0) is 43.2 Å². The molecule has 0 aliphatic heterocycles. The van der Waals surface area contributed by atoms with Gasteiger partial charge in [-0.1, -0.05) is 19.9 Å². The van der Waals surface area contributed by atoms with E-state index in [4.69, 9.17) is 0 Å². The normalized spacial score (nSPS) is 26.6. The van der Waals surface area contributed by atoms with Gasteiger partial charge in [0.15, 0.2) is 0 Å². The third kappa shape index (κ3) is 2.55. The Labute approximate surface area is 119 Å². The van der Waals surface area contributed by atoms with Crippen molar-refractivity contribution < 1.29 is 4.79 Å². The average molecular weight is 271 g/mol. The van der Waals surface area contributed by atoms with Gasteiger partial charge in [-0.25, -0.2) is 0 Å². The van der Waals surface area contributed by atoms with Crippen LogP contribution in [-0.4, -0.2) is 22.1 Å². The van der Waals surface area contributed by atoms with Crippen molar-refractivity contribution in [2.75, 3.05) is 0 Å². The van der Waals surface area contributed by atoms with Crippen LogP contribution in [0, 0.1) is 11.8 Å². The molecule has 4 heteroatoms. The van der Waals surface area contributed by atoms with Gasteiger partial charge in [0.05, 0.1) is 11.7 Å². The van der Waals surface area contributed by atoms with E-state index in [-0.39, 0.29) is 5.91 Å². The van der Waals surface area contributed by atoms with E-state index in [0.29, 0.717) is 17.5 Å². The summed E-state index contributed by atoms with van der Waals surface area (Å²) in [7, 11) is 0. The summed E-state index contributed by atoms with van der Waals surface area (Å²) in [6.07, 6.45) is 5.25. The number of hydrogen-bond donors (Lipinski definition) is 2. The molecule has 0 bridgehead atoms. The Morgan fingerprint density at radius 1 is 1.35 bits per heavy atom. The van der Waals surface area contributed by atoms with Crippen molar-refractivity contribution in [2.45, 2.75) is 39.2 Å². The number of fused-ring (bicyclic) bond motifs is 1. The van der Waals surface area contributed by atoms with E-state index in [2.05, 4.69) is 29.4 Å². The number of rotatable bonds is 2. The average Bonchev–Trinajstić information content (AvgIpc) is 2.89. The molecule has 1 aliphatic carbocycles. The maximum absolute atomic E-state index is 12.4. The lowest BCUT2D eigenvalue weighted by Crippen LogP contribution is -2.42. The molecule has 1 amide bonds. The molecule has 4 nitrogen and oxygen atoms in total. The summed E-state index contributed by atoms with van der Waals surface area (Å²) in [5.74, 6) is 1.35. The third-order valence-corrected chi connectivity index (χ3v) is 4.45. The standard InChI is InChI=1S/C16H21N3O/c1-10-3-6-14(11(2)7-10)18-16(20)12-4-5-13-9-17-19-15(13)8-12/h4-5,8-11,14H,3,6-7H2,1-2H3,(H,17,19)(H,18,20). The summed E-state index contributed by atoms with van der Waals surface area (Å²) in [6, 6.07) is 5.97. The van der Waals surface area contributed by atoms with Crippen molar-refractivity contribution in [1.82, 2.24) is 15.5 Å². The van der Waals surface area contributed by atoms with Crippen LogP contribution in [-0.2, 0) is 0 Å². The molecule has 0 radical (unpaired) electrons. The Morgan fingerprint density at radius 2 is 2.20 bits per heavy atom. The van der Waals surface area contributed by atoms with Gasteiger partial charge < -0.3 is 5.32 Å². The highest BCUT2D eigenvalue weighted by Crippen LogP contribution is 2.28. The number of aromatic amines is 1. The summed E-state index contributed by atoms with van der Waals surface area (Å²) in [5.41, 5.74) is 1.61. The maximum atomic E-state index is 12.4. The zero-order valence-electron chi connectivity index (χ0n) is 12.0. The van der Waals surface area contributed by atoms with E-state index in [1.54, 1.807) is 6.20 Å².